The largest absolute Gasteiger partial charge is 0.315 e. The summed E-state index contributed by atoms with van der Waals surface area (Å²) in [6.45, 7) is 5.80. The lowest BCUT2D eigenvalue weighted by atomic mass is 10.2. The Balaban J connectivity index is 2.33. The van der Waals surface area contributed by atoms with E-state index < -0.39 is 9.84 Å². The Labute approximate surface area is 93.0 Å². The molecule has 0 aromatic rings. The number of nitrogens with zero attached hydrogens (tertiary/aromatic N) is 1. The molecule has 1 aliphatic heterocycles. The van der Waals surface area contributed by atoms with E-state index in [9.17, 15) is 8.42 Å². The van der Waals surface area contributed by atoms with Crippen LogP contribution in [0, 0.1) is 0 Å². The van der Waals surface area contributed by atoms with Crippen LogP contribution in [0.2, 0.25) is 0 Å². The third-order valence-corrected chi connectivity index (χ3v) is 3.80. The number of rotatable bonds is 6. The van der Waals surface area contributed by atoms with Gasteiger partial charge in [0.05, 0.1) is 5.75 Å². The normalized spacial score (nSPS) is 23.5. The minimum absolute atomic E-state index is 0.287. The van der Waals surface area contributed by atoms with Crippen LogP contribution in [-0.2, 0) is 9.84 Å². The van der Waals surface area contributed by atoms with Crippen LogP contribution < -0.4 is 5.32 Å². The maximum Gasteiger partial charge on any atom is 0.148 e. The van der Waals surface area contributed by atoms with E-state index in [2.05, 4.69) is 17.1 Å². The first-order chi connectivity index (χ1) is 7.03. The quantitative estimate of drug-likeness (QED) is 0.708. The molecule has 0 amide bonds. The standard InChI is InChI=1S/C10H22N2O2S/c1-3-11-9-10-5-4-6-12(10)7-8-15(2,13)14/h10-11H,3-9H2,1-2H3. The van der Waals surface area contributed by atoms with Crippen molar-refractivity contribution in [1.29, 1.82) is 0 Å². The second-order valence-corrected chi connectivity index (χ2v) is 6.53. The molecule has 15 heavy (non-hydrogen) atoms. The minimum Gasteiger partial charge on any atom is -0.315 e. The Morgan fingerprint density at radius 3 is 2.80 bits per heavy atom. The van der Waals surface area contributed by atoms with Gasteiger partial charge in [0.2, 0.25) is 0 Å². The zero-order valence-electron chi connectivity index (χ0n) is 9.70. The molecule has 1 N–H and O–H groups in total. The summed E-state index contributed by atoms with van der Waals surface area (Å²) < 4.78 is 22.1. The Hall–Kier alpha value is -0.130. The molecule has 90 valence electrons. The molecule has 0 spiro atoms. The third kappa shape index (κ3) is 4.95. The Morgan fingerprint density at radius 2 is 2.20 bits per heavy atom. The van der Waals surface area contributed by atoms with Crippen LogP contribution in [0.3, 0.4) is 0 Å². The molecule has 0 aliphatic carbocycles. The molecule has 1 fully saturated rings. The van der Waals surface area contributed by atoms with Gasteiger partial charge in [0.1, 0.15) is 9.84 Å². The van der Waals surface area contributed by atoms with Crippen LogP contribution in [0.15, 0.2) is 0 Å². The van der Waals surface area contributed by atoms with Crippen LogP contribution in [0.1, 0.15) is 19.8 Å². The van der Waals surface area contributed by atoms with Crippen molar-refractivity contribution in [3.05, 3.63) is 0 Å². The summed E-state index contributed by atoms with van der Waals surface area (Å²) in [5, 5.41) is 3.33. The minimum atomic E-state index is -2.82. The first-order valence-corrected chi connectivity index (χ1v) is 7.71. The molecule has 1 rings (SSSR count). The van der Waals surface area contributed by atoms with Crippen molar-refractivity contribution in [3.8, 4) is 0 Å². The lowest BCUT2D eigenvalue weighted by molar-refractivity contribution is 0.262. The van der Waals surface area contributed by atoms with Crippen molar-refractivity contribution in [2.45, 2.75) is 25.8 Å². The zero-order chi connectivity index (χ0) is 11.3. The summed E-state index contributed by atoms with van der Waals surface area (Å²) in [6.07, 6.45) is 3.69. The smallest absolute Gasteiger partial charge is 0.148 e. The summed E-state index contributed by atoms with van der Waals surface area (Å²) in [5.74, 6) is 0.287. The summed E-state index contributed by atoms with van der Waals surface area (Å²) in [4.78, 5) is 2.30. The number of sulfone groups is 1. The highest BCUT2D eigenvalue weighted by Crippen LogP contribution is 2.16. The van der Waals surface area contributed by atoms with Crippen LogP contribution in [0.5, 0.6) is 0 Å². The van der Waals surface area contributed by atoms with E-state index in [0.717, 1.165) is 19.6 Å². The maximum absolute atomic E-state index is 11.1. The van der Waals surface area contributed by atoms with Gasteiger partial charge in [0.15, 0.2) is 0 Å². The van der Waals surface area contributed by atoms with Crippen molar-refractivity contribution < 1.29 is 8.42 Å². The van der Waals surface area contributed by atoms with E-state index in [1.165, 1.54) is 19.1 Å². The molecule has 0 radical (unpaired) electrons. The van der Waals surface area contributed by atoms with E-state index in [1.54, 1.807) is 0 Å². The fourth-order valence-corrected chi connectivity index (χ4v) is 2.58. The Morgan fingerprint density at radius 1 is 1.47 bits per heavy atom. The Kier molecular flexibility index (Phi) is 5.02. The van der Waals surface area contributed by atoms with Gasteiger partial charge in [-0.15, -0.1) is 0 Å². The third-order valence-electron chi connectivity index (χ3n) is 2.88. The van der Waals surface area contributed by atoms with Gasteiger partial charge in [-0.3, -0.25) is 4.90 Å². The van der Waals surface area contributed by atoms with E-state index in [4.69, 9.17) is 0 Å². The molecule has 0 aromatic heterocycles. The van der Waals surface area contributed by atoms with Gasteiger partial charge in [-0.25, -0.2) is 8.42 Å². The molecule has 5 heteroatoms. The van der Waals surface area contributed by atoms with Crippen molar-refractivity contribution in [3.63, 3.8) is 0 Å². The molecule has 0 bridgehead atoms. The number of nitrogens with one attached hydrogen (secondary N) is 1. The van der Waals surface area contributed by atoms with Gasteiger partial charge in [0.25, 0.3) is 0 Å². The fourth-order valence-electron chi connectivity index (χ4n) is 2.01. The molecule has 1 saturated heterocycles. The zero-order valence-corrected chi connectivity index (χ0v) is 10.5. The summed E-state index contributed by atoms with van der Waals surface area (Å²) in [6, 6.07) is 0.534. The van der Waals surface area contributed by atoms with Gasteiger partial charge >= 0.3 is 0 Å². The van der Waals surface area contributed by atoms with Crippen molar-refractivity contribution in [2.75, 3.05) is 38.2 Å². The highest BCUT2D eigenvalue weighted by Gasteiger charge is 2.24. The molecule has 0 aromatic carbocycles. The second kappa shape index (κ2) is 5.82. The van der Waals surface area contributed by atoms with E-state index in [0.29, 0.717) is 12.6 Å². The van der Waals surface area contributed by atoms with E-state index >= 15 is 0 Å². The van der Waals surface area contributed by atoms with E-state index in [-0.39, 0.29) is 5.75 Å². The second-order valence-electron chi connectivity index (χ2n) is 4.27. The average Bonchev–Trinajstić information content (AvgIpc) is 2.57. The SMILES string of the molecule is CCNCC1CCCN1CCS(C)(=O)=O. The topological polar surface area (TPSA) is 49.4 Å². The number of likely N-dealkylation sites (N-methyl/N-ethyl adjacent to an activating group) is 1. The van der Waals surface area contributed by atoms with Crippen LogP contribution in [0.25, 0.3) is 0 Å². The molecule has 0 saturated carbocycles. The Bertz CT molecular complexity index is 277. The van der Waals surface area contributed by atoms with Gasteiger partial charge in [-0.1, -0.05) is 6.92 Å². The highest BCUT2D eigenvalue weighted by atomic mass is 32.2. The van der Waals surface area contributed by atoms with Crippen LogP contribution in [-0.4, -0.2) is 57.5 Å². The highest BCUT2D eigenvalue weighted by molar-refractivity contribution is 7.90. The first kappa shape index (κ1) is 12.9. The predicted molar refractivity (Wildman–Crippen MR) is 62.8 cm³/mol. The maximum atomic E-state index is 11.1. The molecular formula is C10H22N2O2S. The first-order valence-electron chi connectivity index (χ1n) is 5.65. The van der Waals surface area contributed by atoms with Crippen molar-refractivity contribution in [1.82, 2.24) is 10.2 Å². The summed E-state index contributed by atoms with van der Waals surface area (Å²) >= 11 is 0. The van der Waals surface area contributed by atoms with Crippen molar-refractivity contribution in [2.24, 2.45) is 0 Å². The number of likely N-dealkylation sites (tertiary alicyclic amines) is 1. The molecule has 1 heterocycles. The lowest BCUT2D eigenvalue weighted by Gasteiger charge is -2.24. The van der Waals surface area contributed by atoms with Gasteiger partial charge in [-0.05, 0) is 25.9 Å². The van der Waals surface area contributed by atoms with Crippen LogP contribution in [0.4, 0.5) is 0 Å². The van der Waals surface area contributed by atoms with Gasteiger partial charge in [-0.2, -0.15) is 0 Å². The molecule has 1 unspecified atom stereocenters. The lowest BCUT2D eigenvalue weighted by Crippen LogP contribution is -2.40. The van der Waals surface area contributed by atoms with Crippen LogP contribution >= 0.6 is 0 Å². The number of hydrogen-bond acceptors (Lipinski definition) is 4. The fraction of sp³-hybridized carbons (Fsp3) is 1.00. The molecule has 4 nitrogen and oxygen atoms in total. The van der Waals surface area contributed by atoms with Gasteiger partial charge < -0.3 is 5.32 Å². The molecule has 1 aliphatic rings. The summed E-state index contributed by atoms with van der Waals surface area (Å²) in [7, 11) is -2.82. The number of hydrogen-bond donors (Lipinski definition) is 1. The van der Waals surface area contributed by atoms with Crippen molar-refractivity contribution >= 4 is 9.84 Å². The average molecular weight is 234 g/mol. The molecular weight excluding hydrogens is 212 g/mol. The monoisotopic (exact) mass is 234 g/mol. The summed E-state index contributed by atoms with van der Waals surface area (Å²) in [5.41, 5.74) is 0. The molecule has 1 atom stereocenters. The van der Waals surface area contributed by atoms with Gasteiger partial charge in [0, 0.05) is 25.4 Å². The van der Waals surface area contributed by atoms with E-state index in [1.807, 2.05) is 0 Å². The predicted octanol–water partition coefficient (Wildman–Crippen LogP) is 0.105.